The summed E-state index contributed by atoms with van der Waals surface area (Å²) >= 11 is 1.89. The van der Waals surface area contributed by atoms with E-state index < -0.39 is 17.8 Å². The number of anilines is 1. The van der Waals surface area contributed by atoms with Crippen molar-refractivity contribution in [3.8, 4) is 0 Å². The van der Waals surface area contributed by atoms with E-state index in [9.17, 15) is 27.6 Å². The van der Waals surface area contributed by atoms with E-state index in [4.69, 9.17) is 14.7 Å². The number of benzene rings is 2. The highest BCUT2D eigenvalue weighted by molar-refractivity contribution is 8.00. The first-order valence-electron chi connectivity index (χ1n) is 18.9. The lowest BCUT2D eigenvalue weighted by atomic mass is 9.99. The number of unbranched alkanes of at least 4 members (excludes halogenated alkanes) is 1. The Balaban J connectivity index is 0.906. The van der Waals surface area contributed by atoms with Crippen LogP contribution < -0.4 is 32.1 Å². The molecule has 2 aromatic heterocycles. The predicted octanol–water partition coefficient (Wildman–Crippen LogP) is 4.28. The van der Waals surface area contributed by atoms with Crippen molar-refractivity contribution >= 4 is 57.4 Å². The van der Waals surface area contributed by atoms with Gasteiger partial charge in [0.1, 0.15) is 17.3 Å². The van der Waals surface area contributed by atoms with Crippen LogP contribution in [0.25, 0.3) is 21.9 Å². The van der Waals surface area contributed by atoms with Crippen LogP contribution in [0.1, 0.15) is 65.8 Å². The quantitative estimate of drug-likeness (QED) is 0.0329. The molecule has 14 nitrogen and oxygen atoms in total. The first kappa shape index (κ1) is 39.6. The molecule has 5 heterocycles. The van der Waals surface area contributed by atoms with Gasteiger partial charge in [0.25, 0.3) is 0 Å². The van der Waals surface area contributed by atoms with Crippen molar-refractivity contribution in [3.05, 3.63) is 65.0 Å². The smallest absolute Gasteiger partial charge is 0.426 e. The summed E-state index contributed by atoms with van der Waals surface area (Å²) in [5.41, 5.74) is 4.48. The molecule has 4 aromatic rings. The molecule has 0 unspecified atom stereocenters. The van der Waals surface area contributed by atoms with E-state index in [2.05, 4.69) is 42.0 Å². The van der Waals surface area contributed by atoms with Crippen LogP contribution in [0.5, 0.6) is 0 Å². The minimum atomic E-state index is -4.52. The number of nitrogens with one attached hydrogen (secondary N) is 7. The number of esters is 1. The zero-order valence-electron chi connectivity index (χ0n) is 31.3. The zero-order chi connectivity index (χ0) is 39.5. The average Bonchev–Trinajstić information content (AvgIpc) is 3.65. The number of fused-ring (bicyclic) bond motifs is 4. The Kier molecular flexibility index (Phi) is 11.9. The van der Waals surface area contributed by atoms with Gasteiger partial charge in [0.15, 0.2) is 0 Å². The van der Waals surface area contributed by atoms with Crippen LogP contribution in [0.15, 0.2) is 42.5 Å². The molecule has 3 amide bonds. The number of thioether (sulfide) groups is 1. The van der Waals surface area contributed by atoms with E-state index in [1.54, 1.807) is 24.3 Å². The summed E-state index contributed by atoms with van der Waals surface area (Å²) in [6.07, 6.45) is 0.546. The lowest BCUT2D eigenvalue weighted by molar-refractivity contribution is -0.165. The second kappa shape index (κ2) is 16.8. The van der Waals surface area contributed by atoms with Crippen LogP contribution in [0.4, 0.5) is 23.8 Å². The number of carbonyl (C=O) groups is 3. The minimum Gasteiger partial charge on any atom is -0.465 e. The summed E-state index contributed by atoms with van der Waals surface area (Å²) in [5, 5.41) is 14.4. The summed E-state index contributed by atoms with van der Waals surface area (Å²) in [5.74, 6) is 1.52. The number of aromatic amines is 1. The predicted molar refractivity (Wildman–Crippen MR) is 208 cm³/mol. The Morgan fingerprint density at radius 2 is 1.84 bits per heavy atom. The summed E-state index contributed by atoms with van der Waals surface area (Å²) < 4.78 is 46.2. The van der Waals surface area contributed by atoms with Crippen LogP contribution in [0, 0.1) is 0 Å². The van der Waals surface area contributed by atoms with E-state index in [0.29, 0.717) is 58.7 Å². The summed E-state index contributed by atoms with van der Waals surface area (Å²) in [7, 11) is 3.36. The van der Waals surface area contributed by atoms with Crippen molar-refractivity contribution in [1.29, 1.82) is 0 Å². The molecule has 2 aromatic carbocycles. The lowest BCUT2D eigenvalue weighted by Gasteiger charge is -2.18. The largest absolute Gasteiger partial charge is 0.465 e. The number of aromatic nitrogens is 3. The molecule has 18 heteroatoms. The molecule has 0 aliphatic carbocycles. The third-order valence-electron chi connectivity index (χ3n) is 10.6. The molecular formula is C38H47F3N10O4S. The van der Waals surface area contributed by atoms with Gasteiger partial charge in [-0.3, -0.25) is 4.79 Å². The summed E-state index contributed by atoms with van der Waals surface area (Å²) in [6.45, 7) is 2.80. The van der Waals surface area contributed by atoms with E-state index in [0.717, 1.165) is 61.7 Å². The van der Waals surface area contributed by atoms with E-state index in [-0.39, 0.29) is 36.0 Å². The van der Waals surface area contributed by atoms with Crippen LogP contribution in [-0.2, 0) is 21.6 Å². The Bertz CT molecular complexity index is 2080. The van der Waals surface area contributed by atoms with Gasteiger partial charge in [0, 0.05) is 47.8 Å². The Morgan fingerprint density at radius 1 is 1.04 bits per heavy atom. The third-order valence-corrected chi connectivity index (χ3v) is 12.1. The number of amides is 3. The Hall–Kier alpha value is -4.65. The number of methoxy groups -OCH3 is 1. The highest BCUT2D eigenvalue weighted by Gasteiger charge is 2.65. The van der Waals surface area contributed by atoms with Gasteiger partial charge >= 0.3 is 18.2 Å². The molecule has 3 aliphatic heterocycles. The molecule has 0 radical (unpaired) electrons. The van der Waals surface area contributed by atoms with Gasteiger partial charge in [-0.05, 0) is 69.1 Å². The number of carbonyl (C=O) groups excluding carboxylic acids is 3. The van der Waals surface area contributed by atoms with Crippen molar-refractivity contribution in [1.82, 2.24) is 46.7 Å². The van der Waals surface area contributed by atoms with Crippen LogP contribution >= 0.6 is 11.8 Å². The van der Waals surface area contributed by atoms with Gasteiger partial charge in [0.2, 0.25) is 11.6 Å². The lowest BCUT2D eigenvalue weighted by Crippen LogP contribution is -2.36. The second-order valence-corrected chi connectivity index (χ2v) is 15.9. The van der Waals surface area contributed by atoms with Crippen LogP contribution in [0.3, 0.4) is 0 Å². The minimum absolute atomic E-state index is 0.0533. The maximum Gasteiger partial charge on any atom is 0.426 e. The molecule has 0 saturated carbocycles. The van der Waals surface area contributed by atoms with E-state index in [1.165, 1.54) is 19.2 Å². The number of halogens is 3. The maximum absolute atomic E-state index is 13.8. The highest BCUT2D eigenvalue weighted by Crippen LogP contribution is 2.42. The molecule has 300 valence electrons. The van der Waals surface area contributed by atoms with Crippen LogP contribution in [0.2, 0.25) is 0 Å². The fourth-order valence-corrected chi connectivity index (χ4v) is 9.06. The van der Waals surface area contributed by atoms with Crippen molar-refractivity contribution < 1.29 is 32.3 Å². The van der Waals surface area contributed by atoms with Crippen molar-refractivity contribution in [3.63, 3.8) is 0 Å². The number of urea groups is 1. The zero-order valence-corrected chi connectivity index (χ0v) is 32.1. The van der Waals surface area contributed by atoms with Gasteiger partial charge in [-0.2, -0.15) is 24.9 Å². The Labute approximate surface area is 326 Å². The topological polar surface area (TPSA) is 197 Å². The van der Waals surface area contributed by atoms with Crippen LogP contribution in [-0.4, -0.2) is 107 Å². The fraction of sp³-hybridized carbons (Fsp3) is 0.500. The summed E-state index contributed by atoms with van der Waals surface area (Å²) in [4.78, 5) is 51.3. The number of H-pyrrole nitrogens is 1. The second-order valence-electron chi connectivity index (χ2n) is 14.6. The van der Waals surface area contributed by atoms with Crippen molar-refractivity contribution in [2.24, 2.45) is 0 Å². The van der Waals surface area contributed by atoms with Gasteiger partial charge in [-0.25, -0.2) is 30.4 Å². The number of ether oxygens (including phenoxy) is 1. The number of hydrogen-bond donors (Lipinski definition) is 7. The number of nitrogens with zero attached hydrogens (tertiary/aromatic N) is 3. The average molecular weight is 797 g/mol. The normalized spacial score (nSPS) is 19.9. The standard InChI is InChI=1S/C38H47F3N10O4S/c1-51(16-6-14-42-30(52)11-4-3-10-28-32-27(21-56-28)45-36(54)48-32)17-7-15-43-33-31-25-13-12-23(35(53)55-2)20-26(25)44-34(31)47-29(46-33)19-22-8-5-9-24(18-22)37(49-50-37)38(39,40)41/h5,8-9,12-13,18,20,27-28,32,49-50H,3-4,6-7,10-11,14-17,19,21H2,1-2H3,(H,42,52)(H2,45,48,54)(H2,43,44,46,47)/t27-,28-,32-/m0/s1. The molecule has 0 spiro atoms. The SMILES string of the molecule is COC(=O)c1ccc2c(c1)[nH]c1nc(Cc3cccc(C4(C(F)(F)F)NN4)c3)nc(NCCCN(C)CCCNC(=O)CCCC[C@@H]3SC[C@@H]4NC(=O)N[C@@H]43)c12. The van der Waals surface area contributed by atoms with Gasteiger partial charge in [0.05, 0.1) is 30.1 Å². The first-order chi connectivity index (χ1) is 26.9. The molecular weight excluding hydrogens is 750 g/mol. The number of alkyl halides is 3. The van der Waals surface area contributed by atoms with Gasteiger partial charge in [-0.1, -0.05) is 36.8 Å². The summed E-state index contributed by atoms with van der Waals surface area (Å²) in [6, 6.07) is 11.8. The highest BCUT2D eigenvalue weighted by atomic mass is 32.2. The molecule has 3 fully saturated rings. The van der Waals surface area contributed by atoms with Gasteiger partial charge < -0.3 is 35.9 Å². The Morgan fingerprint density at radius 3 is 2.61 bits per heavy atom. The van der Waals surface area contributed by atoms with Crippen molar-refractivity contribution in [2.45, 2.75) is 74.1 Å². The molecule has 3 saturated heterocycles. The number of hydrogen-bond acceptors (Lipinski definition) is 11. The molecule has 7 N–H and O–H groups in total. The third kappa shape index (κ3) is 8.82. The molecule has 3 atom stereocenters. The van der Waals surface area contributed by atoms with E-state index in [1.807, 2.05) is 24.9 Å². The number of rotatable bonds is 18. The maximum atomic E-state index is 13.8. The molecule has 7 rings (SSSR count). The van der Waals surface area contributed by atoms with Gasteiger partial charge in [-0.15, -0.1) is 0 Å². The van der Waals surface area contributed by atoms with E-state index >= 15 is 0 Å². The monoisotopic (exact) mass is 796 g/mol. The molecule has 56 heavy (non-hydrogen) atoms. The molecule has 3 aliphatic rings. The molecule has 0 bridgehead atoms. The van der Waals surface area contributed by atoms with Crippen molar-refractivity contribution in [2.75, 3.05) is 51.4 Å². The first-order valence-corrected chi connectivity index (χ1v) is 20.0. The number of hydrazine groups is 1. The fourth-order valence-electron chi connectivity index (χ4n) is 7.51.